The minimum Gasteiger partial charge on any atom is -0.483 e. The molecule has 118 valence electrons. The maximum atomic E-state index is 12.1. The number of Topliss-reactive ketones (excluding diaryl/α,β-unsaturated/α-hetero) is 1. The Morgan fingerprint density at radius 2 is 1.91 bits per heavy atom. The average molecular weight is 309 g/mol. The molecular weight excluding hydrogens is 290 g/mol. The first kappa shape index (κ1) is 15.3. The van der Waals surface area contributed by atoms with Gasteiger partial charge in [-0.2, -0.15) is 0 Å². The van der Waals surface area contributed by atoms with Crippen LogP contribution in [0.3, 0.4) is 0 Å². The third-order valence-corrected chi connectivity index (χ3v) is 4.27. The van der Waals surface area contributed by atoms with E-state index in [1.165, 1.54) is 0 Å². The maximum Gasteiger partial charge on any atom is 0.262 e. The summed E-state index contributed by atoms with van der Waals surface area (Å²) >= 11 is 0. The summed E-state index contributed by atoms with van der Waals surface area (Å²) < 4.78 is 5.64. The van der Waals surface area contributed by atoms with Crippen molar-refractivity contribution < 1.29 is 14.3 Å². The second-order valence-electron chi connectivity index (χ2n) is 5.79. The van der Waals surface area contributed by atoms with Gasteiger partial charge in [-0.25, -0.2) is 0 Å². The normalized spacial score (nSPS) is 12.9. The second kappa shape index (κ2) is 6.24. The van der Waals surface area contributed by atoms with Gasteiger partial charge < -0.3 is 10.1 Å². The zero-order chi connectivity index (χ0) is 16.4. The van der Waals surface area contributed by atoms with Crippen LogP contribution in [-0.4, -0.2) is 18.3 Å². The summed E-state index contributed by atoms with van der Waals surface area (Å²) in [6, 6.07) is 11.2. The van der Waals surface area contributed by atoms with Gasteiger partial charge in [0.1, 0.15) is 5.75 Å². The molecule has 0 fully saturated rings. The van der Waals surface area contributed by atoms with E-state index >= 15 is 0 Å². The zero-order valence-electron chi connectivity index (χ0n) is 13.3. The van der Waals surface area contributed by atoms with Crippen LogP contribution in [0.4, 0.5) is 5.69 Å². The summed E-state index contributed by atoms with van der Waals surface area (Å²) in [5, 5.41) is 2.87. The van der Waals surface area contributed by atoms with Gasteiger partial charge in [-0.15, -0.1) is 0 Å². The number of aryl methyl sites for hydroxylation is 1. The highest BCUT2D eigenvalue weighted by Gasteiger charge is 2.22. The van der Waals surface area contributed by atoms with E-state index in [4.69, 9.17) is 4.74 Å². The van der Waals surface area contributed by atoms with Crippen molar-refractivity contribution in [2.75, 3.05) is 11.9 Å². The summed E-state index contributed by atoms with van der Waals surface area (Å²) in [5.74, 6) is 0.565. The fourth-order valence-electron chi connectivity index (χ4n) is 2.81. The lowest BCUT2D eigenvalue weighted by Gasteiger charge is -2.12. The molecule has 4 nitrogen and oxygen atoms in total. The van der Waals surface area contributed by atoms with Gasteiger partial charge in [-0.3, -0.25) is 9.59 Å². The number of ether oxygens (including phenoxy) is 1. The molecule has 2 aromatic rings. The molecule has 1 N–H and O–H groups in total. The number of rotatable bonds is 4. The monoisotopic (exact) mass is 309 g/mol. The third kappa shape index (κ3) is 3.11. The minimum absolute atomic E-state index is 0.0714. The van der Waals surface area contributed by atoms with Crippen LogP contribution in [0, 0.1) is 13.8 Å². The lowest BCUT2D eigenvalue weighted by Crippen LogP contribution is -2.21. The van der Waals surface area contributed by atoms with Crippen LogP contribution in [0.5, 0.6) is 5.75 Å². The van der Waals surface area contributed by atoms with Gasteiger partial charge in [0.15, 0.2) is 12.4 Å². The first-order valence-electron chi connectivity index (χ1n) is 7.70. The molecule has 23 heavy (non-hydrogen) atoms. The Balaban J connectivity index is 1.66. The van der Waals surface area contributed by atoms with Crippen LogP contribution in [-0.2, 0) is 11.2 Å². The van der Waals surface area contributed by atoms with Crippen molar-refractivity contribution in [3.8, 4) is 5.75 Å². The first-order valence-corrected chi connectivity index (χ1v) is 7.70. The molecule has 2 aromatic carbocycles. The average Bonchev–Trinajstić information content (AvgIpc) is 2.92. The van der Waals surface area contributed by atoms with Crippen LogP contribution in [0.15, 0.2) is 36.4 Å². The van der Waals surface area contributed by atoms with E-state index in [9.17, 15) is 9.59 Å². The van der Waals surface area contributed by atoms with E-state index in [0.29, 0.717) is 18.6 Å². The predicted molar refractivity (Wildman–Crippen MR) is 89.1 cm³/mol. The van der Waals surface area contributed by atoms with Crippen LogP contribution >= 0.6 is 0 Å². The minimum atomic E-state index is -0.208. The Hall–Kier alpha value is -2.62. The van der Waals surface area contributed by atoms with Crippen molar-refractivity contribution in [3.05, 3.63) is 58.7 Å². The van der Waals surface area contributed by atoms with Crippen LogP contribution in [0.2, 0.25) is 0 Å². The van der Waals surface area contributed by atoms with E-state index in [0.717, 1.165) is 27.9 Å². The standard InChI is InChI=1S/C19H19NO3/c1-12-5-3-7-16(13(12)2)20-19(22)11-23-18-8-4-6-14-15(18)9-10-17(14)21/h3-8H,9-11H2,1-2H3,(H,20,22). The number of nitrogens with one attached hydrogen (secondary N) is 1. The molecular formula is C19H19NO3. The Morgan fingerprint density at radius 3 is 2.74 bits per heavy atom. The summed E-state index contributed by atoms with van der Waals surface area (Å²) in [6.45, 7) is 3.91. The zero-order valence-corrected chi connectivity index (χ0v) is 13.3. The van der Waals surface area contributed by atoms with Crippen molar-refractivity contribution >= 4 is 17.4 Å². The molecule has 0 radical (unpaired) electrons. The summed E-state index contributed by atoms with van der Waals surface area (Å²) in [5.41, 5.74) is 4.61. The fourth-order valence-corrected chi connectivity index (χ4v) is 2.81. The Labute approximate surface area is 135 Å². The number of hydrogen-bond acceptors (Lipinski definition) is 3. The molecule has 0 atom stereocenters. The Kier molecular flexibility index (Phi) is 4.15. The third-order valence-electron chi connectivity index (χ3n) is 4.27. The molecule has 0 spiro atoms. The largest absolute Gasteiger partial charge is 0.483 e. The number of fused-ring (bicyclic) bond motifs is 1. The molecule has 0 aromatic heterocycles. The molecule has 0 saturated carbocycles. The van der Waals surface area contributed by atoms with Gasteiger partial charge in [0.25, 0.3) is 5.91 Å². The molecule has 0 bridgehead atoms. The molecule has 3 rings (SSSR count). The topological polar surface area (TPSA) is 55.4 Å². The lowest BCUT2D eigenvalue weighted by atomic mass is 10.1. The molecule has 0 saturated heterocycles. The smallest absolute Gasteiger partial charge is 0.262 e. The summed E-state index contributed by atoms with van der Waals surface area (Å²) in [7, 11) is 0. The summed E-state index contributed by atoms with van der Waals surface area (Å²) in [6.07, 6.45) is 1.20. The summed E-state index contributed by atoms with van der Waals surface area (Å²) in [4.78, 5) is 23.8. The van der Waals surface area contributed by atoms with Crippen LogP contribution < -0.4 is 10.1 Å². The fraction of sp³-hybridized carbons (Fsp3) is 0.263. The molecule has 1 aliphatic carbocycles. The first-order chi connectivity index (χ1) is 11.1. The van der Waals surface area contributed by atoms with Crippen molar-refractivity contribution in [1.82, 2.24) is 0 Å². The van der Waals surface area contributed by atoms with Gasteiger partial charge in [-0.1, -0.05) is 24.3 Å². The SMILES string of the molecule is Cc1cccc(NC(=O)COc2cccc3c2CCC3=O)c1C. The lowest BCUT2D eigenvalue weighted by molar-refractivity contribution is -0.118. The molecule has 0 heterocycles. The highest BCUT2D eigenvalue weighted by atomic mass is 16.5. The highest BCUT2D eigenvalue weighted by Crippen LogP contribution is 2.30. The maximum absolute atomic E-state index is 12.1. The van der Waals surface area contributed by atoms with Gasteiger partial charge in [0.05, 0.1) is 0 Å². The molecule has 1 aliphatic rings. The number of ketones is 1. The van der Waals surface area contributed by atoms with Crippen molar-refractivity contribution in [2.24, 2.45) is 0 Å². The van der Waals surface area contributed by atoms with Crippen LogP contribution in [0.1, 0.15) is 33.5 Å². The van der Waals surface area contributed by atoms with Crippen molar-refractivity contribution in [2.45, 2.75) is 26.7 Å². The molecule has 0 aliphatic heterocycles. The number of amides is 1. The van der Waals surface area contributed by atoms with Gasteiger partial charge in [0, 0.05) is 23.2 Å². The van der Waals surface area contributed by atoms with E-state index in [2.05, 4.69) is 5.32 Å². The van der Waals surface area contributed by atoms with E-state index in [-0.39, 0.29) is 18.3 Å². The Morgan fingerprint density at radius 1 is 1.13 bits per heavy atom. The molecule has 1 amide bonds. The predicted octanol–water partition coefficient (Wildman–Crippen LogP) is 3.45. The molecule has 4 heteroatoms. The number of carbonyl (C=O) groups excluding carboxylic acids is 2. The van der Waals surface area contributed by atoms with Crippen molar-refractivity contribution in [3.63, 3.8) is 0 Å². The van der Waals surface area contributed by atoms with Crippen LogP contribution in [0.25, 0.3) is 0 Å². The van der Waals surface area contributed by atoms with E-state index < -0.39 is 0 Å². The Bertz CT molecular complexity index is 780. The van der Waals surface area contributed by atoms with E-state index in [1.807, 2.05) is 44.2 Å². The number of hydrogen-bond donors (Lipinski definition) is 1. The van der Waals surface area contributed by atoms with Gasteiger partial charge in [-0.05, 0) is 43.5 Å². The molecule has 0 unspecified atom stereocenters. The second-order valence-corrected chi connectivity index (χ2v) is 5.79. The van der Waals surface area contributed by atoms with Gasteiger partial charge in [0.2, 0.25) is 0 Å². The quantitative estimate of drug-likeness (QED) is 0.941. The van der Waals surface area contributed by atoms with Gasteiger partial charge >= 0.3 is 0 Å². The number of benzene rings is 2. The number of anilines is 1. The van der Waals surface area contributed by atoms with Crippen molar-refractivity contribution in [1.29, 1.82) is 0 Å². The van der Waals surface area contributed by atoms with E-state index in [1.54, 1.807) is 6.07 Å². The highest BCUT2D eigenvalue weighted by molar-refractivity contribution is 6.01. The number of carbonyl (C=O) groups is 2.